The molecule has 10 heteroatoms. The summed E-state index contributed by atoms with van der Waals surface area (Å²) in [7, 11) is -3.94. The van der Waals surface area contributed by atoms with Gasteiger partial charge >= 0.3 is 6.18 Å². The van der Waals surface area contributed by atoms with E-state index in [9.17, 15) is 21.6 Å². The van der Waals surface area contributed by atoms with Gasteiger partial charge in [-0.05, 0) is 6.07 Å². The van der Waals surface area contributed by atoms with Crippen LogP contribution in [0.25, 0.3) is 0 Å². The summed E-state index contributed by atoms with van der Waals surface area (Å²) < 4.78 is 63.6. The highest BCUT2D eigenvalue weighted by molar-refractivity contribution is 7.87. The Balaban J connectivity index is 2.74. The van der Waals surface area contributed by atoms with Gasteiger partial charge in [0.05, 0.1) is 0 Å². The smallest absolute Gasteiger partial charge is 0.422 e. The molecule has 1 aromatic rings. The fourth-order valence-electron chi connectivity index (χ4n) is 1.02. The summed E-state index contributed by atoms with van der Waals surface area (Å²) >= 11 is 0. The van der Waals surface area contributed by atoms with E-state index >= 15 is 0 Å². The van der Waals surface area contributed by atoms with Crippen molar-refractivity contribution >= 4 is 10.2 Å². The Labute approximate surface area is 101 Å². The van der Waals surface area contributed by atoms with Crippen molar-refractivity contribution < 1.29 is 26.3 Å². The largest absolute Gasteiger partial charge is 0.468 e. The maximum atomic E-state index is 12.0. The molecule has 0 saturated heterocycles. The van der Waals surface area contributed by atoms with Gasteiger partial charge in [-0.25, -0.2) is 10.1 Å². The molecule has 18 heavy (non-hydrogen) atoms. The van der Waals surface area contributed by atoms with Crippen LogP contribution in [0, 0.1) is 0 Å². The van der Waals surface area contributed by atoms with Crippen LogP contribution in [0.1, 0.15) is 5.56 Å². The van der Waals surface area contributed by atoms with Gasteiger partial charge in [-0.15, -0.1) is 0 Å². The number of ether oxygens (including phenoxy) is 1. The van der Waals surface area contributed by atoms with Crippen molar-refractivity contribution in [2.45, 2.75) is 12.7 Å². The summed E-state index contributed by atoms with van der Waals surface area (Å²) in [5.74, 6) is -0.300. The third kappa shape index (κ3) is 5.80. The lowest BCUT2D eigenvalue weighted by Gasteiger charge is -2.11. The van der Waals surface area contributed by atoms with Crippen LogP contribution in [-0.4, -0.2) is 26.2 Å². The average Bonchev–Trinajstić information content (AvgIpc) is 2.22. The van der Waals surface area contributed by atoms with E-state index < -0.39 is 23.0 Å². The van der Waals surface area contributed by atoms with Gasteiger partial charge in [0.1, 0.15) is 0 Å². The molecule has 6 nitrogen and oxygen atoms in total. The van der Waals surface area contributed by atoms with Crippen molar-refractivity contribution in [2.24, 2.45) is 5.14 Å². The first-order valence-electron chi connectivity index (χ1n) is 4.58. The van der Waals surface area contributed by atoms with E-state index in [1.165, 1.54) is 18.3 Å². The van der Waals surface area contributed by atoms with Gasteiger partial charge in [-0.2, -0.15) is 26.3 Å². The molecule has 0 unspecified atom stereocenters. The van der Waals surface area contributed by atoms with Gasteiger partial charge in [-0.3, -0.25) is 0 Å². The Morgan fingerprint density at radius 1 is 1.44 bits per heavy atom. The van der Waals surface area contributed by atoms with Crippen molar-refractivity contribution in [3.63, 3.8) is 0 Å². The first-order valence-corrected chi connectivity index (χ1v) is 6.13. The summed E-state index contributed by atoms with van der Waals surface area (Å²) in [6, 6.07) is 2.80. The molecule has 1 heterocycles. The van der Waals surface area contributed by atoms with Crippen molar-refractivity contribution in [3.05, 3.63) is 23.9 Å². The van der Waals surface area contributed by atoms with E-state index in [2.05, 4.69) is 9.72 Å². The molecule has 0 radical (unpaired) electrons. The molecular formula is C8H10F3N3O3S. The summed E-state index contributed by atoms with van der Waals surface area (Å²) in [5, 5.41) is 4.70. The van der Waals surface area contributed by atoms with E-state index in [4.69, 9.17) is 5.14 Å². The fourth-order valence-corrected chi connectivity index (χ4v) is 1.37. The molecule has 0 aliphatic rings. The average molecular weight is 285 g/mol. The molecule has 0 amide bonds. The molecule has 1 aromatic heterocycles. The van der Waals surface area contributed by atoms with Crippen LogP contribution < -0.4 is 14.6 Å². The van der Waals surface area contributed by atoms with Crippen molar-refractivity contribution in [1.29, 1.82) is 0 Å². The highest BCUT2D eigenvalue weighted by Gasteiger charge is 2.29. The fraction of sp³-hybridized carbons (Fsp3) is 0.375. The summed E-state index contributed by atoms with van der Waals surface area (Å²) in [6.07, 6.45) is -3.27. The lowest BCUT2D eigenvalue weighted by Crippen LogP contribution is -2.30. The Bertz CT molecular complexity index is 504. The highest BCUT2D eigenvalue weighted by atomic mass is 32.2. The molecule has 1 rings (SSSR count). The van der Waals surface area contributed by atoms with Crippen LogP contribution in [0.3, 0.4) is 0 Å². The summed E-state index contributed by atoms with van der Waals surface area (Å²) in [5.41, 5.74) is 0.149. The molecule has 0 fully saturated rings. The van der Waals surface area contributed by atoms with Crippen molar-refractivity contribution in [3.8, 4) is 5.88 Å². The van der Waals surface area contributed by atoms with Gasteiger partial charge in [-0.1, -0.05) is 6.07 Å². The quantitative estimate of drug-likeness (QED) is 0.814. The highest BCUT2D eigenvalue weighted by Crippen LogP contribution is 2.19. The van der Waals surface area contributed by atoms with Crippen LogP contribution >= 0.6 is 0 Å². The van der Waals surface area contributed by atoms with Crippen LogP contribution in [-0.2, 0) is 16.8 Å². The molecule has 0 saturated carbocycles. The third-order valence-corrected chi connectivity index (χ3v) is 2.23. The van der Waals surface area contributed by atoms with E-state index in [1.807, 2.05) is 4.72 Å². The second kappa shape index (κ2) is 5.50. The molecule has 0 atom stereocenters. The van der Waals surface area contributed by atoms with Crippen molar-refractivity contribution in [1.82, 2.24) is 9.71 Å². The zero-order chi connectivity index (χ0) is 13.8. The molecular weight excluding hydrogens is 275 g/mol. The molecule has 0 bridgehead atoms. The Morgan fingerprint density at radius 2 is 2.11 bits per heavy atom. The summed E-state index contributed by atoms with van der Waals surface area (Å²) in [6.45, 7) is -1.81. The lowest BCUT2D eigenvalue weighted by molar-refractivity contribution is -0.154. The van der Waals surface area contributed by atoms with Crippen molar-refractivity contribution in [2.75, 3.05) is 6.61 Å². The van der Waals surface area contributed by atoms with Gasteiger partial charge in [0.25, 0.3) is 10.2 Å². The Morgan fingerprint density at radius 3 is 2.67 bits per heavy atom. The van der Waals surface area contributed by atoms with Crippen LogP contribution in [0.5, 0.6) is 5.88 Å². The second-order valence-corrected chi connectivity index (χ2v) is 4.62. The number of hydrogen-bond donors (Lipinski definition) is 2. The Kier molecular flexibility index (Phi) is 4.48. The molecule has 102 valence electrons. The predicted octanol–water partition coefficient (Wildman–Crippen LogP) is 0.316. The molecule has 0 aliphatic carbocycles. The minimum Gasteiger partial charge on any atom is -0.468 e. The van der Waals surface area contributed by atoms with E-state index in [-0.39, 0.29) is 18.0 Å². The zero-order valence-corrected chi connectivity index (χ0v) is 9.75. The molecule has 3 N–H and O–H groups in total. The van der Waals surface area contributed by atoms with Crippen LogP contribution in [0.2, 0.25) is 0 Å². The molecule has 0 aromatic carbocycles. The van der Waals surface area contributed by atoms with E-state index in [1.54, 1.807) is 0 Å². The first-order chi connectivity index (χ1) is 8.17. The number of rotatable bonds is 5. The number of alkyl halides is 3. The van der Waals surface area contributed by atoms with Crippen LogP contribution in [0.15, 0.2) is 18.3 Å². The van der Waals surface area contributed by atoms with E-state index in [0.29, 0.717) is 0 Å². The predicted molar refractivity (Wildman–Crippen MR) is 55.7 cm³/mol. The monoisotopic (exact) mass is 285 g/mol. The number of aromatic nitrogens is 1. The summed E-state index contributed by atoms with van der Waals surface area (Å²) in [4.78, 5) is 3.58. The van der Waals surface area contributed by atoms with Gasteiger partial charge in [0, 0.05) is 18.3 Å². The third-order valence-electron chi connectivity index (χ3n) is 1.69. The maximum absolute atomic E-state index is 12.0. The number of halogens is 3. The molecule has 0 spiro atoms. The number of nitrogens with two attached hydrogens (primary N) is 1. The lowest BCUT2D eigenvalue weighted by atomic mass is 10.3. The topological polar surface area (TPSA) is 94.3 Å². The van der Waals surface area contributed by atoms with Gasteiger partial charge < -0.3 is 4.74 Å². The van der Waals surface area contributed by atoms with Gasteiger partial charge in [0.15, 0.2) is 6.61 Å². The Hall–Kier alpha value is -1.39. The zero-order valence-electron chi connectivity index (χ0n) is 8.94. The SMILES string of the molecule is NS(=O)(=O)NCc1cccnc1OCC(F)(F)F. The number of nitrogens with zero attached hydrogens (tertiary/aromatic N) is 1. The molecule has 0 aliphatic heterocycles. The second-order valence-electron chi connectivity index (χ2n) is 3.24. The number of pyridine rings is 1. The normalized spacial score (nSPS) is 12.4. The standard InChI is InChI=1S/C8H10F3N3O3S/c9-8(10,11)5-17-7-6(2-1-3-13-7)4-14-18(12,15)16/h1-3,14H,4-5H2,(H2,12,15,16). The maximum Gasteiger partial charge on any atom is 0.422 e. The van der Waals surface area contributed by atoms with E-state index in [0.717, 1.165) is 0 Å². The van der Waals surface area contributed by atoms with Gasteiger partial charge in [0.2, 0.25) is 5.88 Å². The number of nitrogens with one attached hydrogen (secondary N) is 1. The first kappa shape index (κ1) is 14.7. The van der Waals surface area contributed by atoms with Crippen LogP contribution in [0.4, 0.5) is 13.2 Å². The number of hydrogen-bond acceptors (Lipinski definition) is 4. The minimum absolute atomic E-state index is 0.149. The minimum atomic E-state index is -4.50.